The average Bonchev–Trinajstić information content (AvgIpc) is 1.82. The van der Waals surface area contributed by atoms with Crippen LogP contribution in [0.3, 0.4) is 0 Å². The van der Waals surface area contributed by atoms with Crippen molar-refractivity contribution >= 4 is 31.6 Å². The molecule has 0 spiro atoms. The molecule has 0 bridgehead atoms. The molecule has 11 aromatic rings. The molecule has 0 radical (unpaired) electrons. The molecule has 468 valence electrons. The van der Waals surface area contributed by atoms with Gasteiger partial charge in [0.1, 0.15) is 17.1 Å². The van der Waals surface area contributed by atoms with Crippen LogP contribution in [0.25, 0.3) is 91.4 Å². The normalized spacial score (nSPS) is 11.6. The first-order valence-electron chi connectivity index (χ1n) is 28.1. The van der Waals surface area contributed by atoms with Gasteiger partial charge in [-0.2, -0.15) is 0 Å². The van der Waals surface area contributed by atoms with Gasteiger partial charge in [-0.3, -0.25) is 25.1 Å². The number of anilines is 1. The van der Waals surface area contributed by atoms with Crippen LogP contribution in [0.4, 0.5) is 6.01 Å². The standard InChI is InChI=1S/C23H23N5O3S.C22H16N4O.C20H24N6O4S.5H2/c1-14(2)32(29,30)19-9-7-17(8-10-19)20-13-25-15(3)21(26-20)23-28-27-22(31-23)18-6-4-5-16(11-18)12-24;1-3-9-16-10-7-8-13-18(16)19-14-23-15(2)20(24-19)22-26-25-21(27-22)17-11-5-4-6-12-17;1-11(2)31(28,29)14-8-6-13(7-9-14)15-10-22-12(3)16(23-15)17-25-26-19(30-17)24-18(27)20(4,5)21;;;;;/h4-11,13-14H,12,24H2,1-3H3;1,4-8,10-14H,9H2,2H3;6-11H,21H2,1-5H3,(H,24,26,27);5*1H. The summed E-state index contributed by atoms with van der Waals surface area (Å²) in [6.07, 6.45) is 11.0. The van der Waals surface area contributed by atoms with Crippen LogP contribution in [0.5, 0.6) is 0 Å². The molecule has 5 N–H and O–H groups in total. The fourth-order valence-electron chi connectivity index (χ4n) is 8.48. The lowest BCUT2D eigenvalue weighted by atomic mass is 10.0. The zero-order valence-electron chi connectivity index (χ0n) is 50.6. The van der Waals surface area contributed by atoms with Crippen molar-refractivity contribution < 1.29 is 42.0 Å². The highest BCUT2D eigenvalue weighted by atomic mass is 32.2. The first-order chi connectivity index (χ1) is 42.9. The Hall–Kier alpha value is -10.4. The maximum absolute atomic E-state index is 12.4. The van der Waals surface area contributed by atoms with Crippen LogP contribution in [-0.4, -0.2) is 99.3 Å². The van der Waals surface area contributed by atoms with Gasteiger partial charge in [-0.15, -0.1) is 37.8 Å². The zero-order chi connectivity index (χ0) is 64.5. The van der Waals surface area contributed by atoms with Gasteiger partial charge in [-0.25, -0.2) is 31.8 Å². The number of sulfone groups is 2. The number of hydrogen-bond donors (Lipinski definition) is 3. The maximum Gasteiger partial charge on any atom is 0.322 e. The predicted octanol–water partition coefficient (Wildman–Crippen LogP) is 11.7. The zero-order valence-corrected chi connectivity index (χ0v) is 52.2. The number of amides is 1. The van der Waals surface area contributed by atoms with E-state index in [1.54, 1.807) is 116 Å². The van der Waals surface area contributed by atoms with E-state index < -0.39 is 41.6 Å². The largest absolute Gasteiger partial charge is 0.415 e. The number of benzene rings is 5. The number of nitrogens with zero attached hydrogens (tertiary/aromatic N) is 12. The summed E-state index contributed by atoms with van der Waals surface area (Å²) in [5.74, 6) is 3.70. The molecule has 0 saturated carbocycles. The van der Waals surface area contributed by atoms with Crippen LogP contribution in [0.15, 0.2) is 169 Å². The van der Waals surface area contributed by atoms with Gasteiger partial charge in [0.25, 0.3) is 17.7 Å². The van der Waals surface area contributed by atoms with Gasteiger partial charge in [0.15, 0.2) is 19.7 Å². The summed E-state index contributed by atoms with van der Waals surface area (Å²) in [6.45, 7) is 15.5. The molecule has 0 atom stereocenters. The Morgan fingerprint density at radius 3 is 1.48 bits per heavy atom. The Kier molecular flexibility index (Phi) is 19.5. The molecule has 5 aromatic carbocycles. The number of terminal acetylenes is 1. The molecule has 6 heterocycles. The van der Waals surface area contributed by atoms with E-state index in [9.17, 15) is 21.6 Å². The first kappa shape index (κ1) is 64.1. The number of carbonyl (C=O) groups excluding carboxylic acids is 1. The highest BCUT2D eigenvalue weighted by molar-refractivity contribution is 7.92. The minimum absolute atomic E-state index is 0. The summed E-state index contributed by atoms with van der Waals surface area (Å²) >= 11 is 0. The summed E-state index contributed by atoms with van der Waals surface area (Å²) < 4.78 is 66.6. The number of nitrogens with two attached hydrogens (primary N) is 2. The quantitative estimate of drug-likeness (QED) is 0.0756. The van der Waals surface area contributed by atoms with Gasteiger partial charge in [0.05, 0.1) is 78.6 Å². The van der Waals surface area contributed by atoms with Crippen LogP contribution in [0, 0.1) is 33.1 Å². The van der Waals surface area contributed by atoms with Crippen molar-refractivity contribution in [2.24, 2.45) is 11.5 Å². The second kappa shape index (κ2) is 27.3. The Morgan fingerprint density at radius 2 is 0.989 bits per heavy atom. The minimum atomic E-state index is -3.36. The Morgan fingerprint density at radius 1 is 0.556 bits per heavy atom. The third kappa shape index (κ3) is 14.8. The SMILES string of the molecule is C#CCc1ccccc1-c1cnc(C)c(-c2nnc(-c3ccccc3)o2)n1.Cc1ncc(-c2ccc(S(=O)(=O)C(C)C)cc2)nc1-c1nnc(-c2cccc(CN)c2)o1.Cc1ncc(-c2ccc(S(=O)(=O)C(C)C)cc2)nc1-c1nnc(NC(=O)C(C)(C)N)o1.[HH].[HH].[HH].[HH].[HH]. The van der Waals surface area contributed by atoms with Crippen molar-refractivity contribution in [3.05, 3.63) is 174 Å². The lowest BCUT2D eigenvalue weighted by molar-refractivity contribution is -0.120. The number of nitrogens with one attached hydrogen (secondary N) is 1. The van der Waals surface area contributed by atoms with Gasteiger partial charge < -0.3 is 24.7 Å². The summed E-state index contributed by atoms with van der Waals surface area (Å²) in [4.78, 5) is 39.6. The predicted molar refractivity (Wildman–Crippen MR) is 350 cm³/mol. The van der Waals surface area contributed by atoms with Gasteiger partial charge in [0, 0.05) is 47.9 Å². The molecule has 0 aliphatic carbocycles. The van der Waals surface area contributed by atoms with E-state index in [1.165, 1.54) is 0 Å². The lowest BCUT2D eigenvalue weighted by Gasteiger charge is -2.15. The Balaban J connectivity index is 0.000000296. The van der Waals surface area contributed by atoms with E-state index in [0.29, 0.717) is 76.1 Å². The van der Waals surface area contributed by atoms with Crippen molar-refractivity contribution in [2.75, 3.05) is 5.32 Å². The number of aromatic nitrogens is 12. The number of rotatable bonds is 16. The number of aryl methyl sites for hydroxylation is 3. The van der Waals surface area contributed by atoms with Gasteiger partial charge in [-0.05, 0) is 122 Å². The topological polar surface area (TPSA) is 344 Å². The minimum Gasteiger partial charge on any atom is -0.415 e. The van der Waals surface area contributed by atoms with Crippen LogP contribution in [0.1, 0.15) is 76.9 Å². The van der Waals surface area contributed by atoms with Crippen LogP contribution in [-0.2, 0) is 37.4 Å². The third-order valence-electron chi connectivity index (χ3n) is 13.8. The van der Waals surface area contributed by atoms with Crippen molar-refractivity contribution in [1.82, 2.24) is 60.5 Å². The molecule has 0 fully saturated rings. The van der Waals surface area contributed by atoms with E-state index in [1.807, 2.05) is 92.7 Å². The van der Waals surface area contributed by atoms with E-state index in [2.05, 4.69) is 66.7 Å². The molecule has 25 heteroatoms. The second-order valence-electron chi connectivity index (χ2n) is 21.5. The van der Waals surface area contributed by atoms with Gasteiger partial charge in [0.2, 0.25) is 17.7 Å². The number of hydrogen-bond acceptors (Lipinski definition) is 22. The summed E-state index contributed by atoms with van der Waals surface area (Å²) in [5, 5.41) is 25.8. The van der Waals surface area contributed by atoms with Crippen LogP contribution < -0.4 is 16.8 Å². The molecule has 23 nitrogen and oxygen atoms in total. The van der Waals surface area contributed by atoms with Crippen LogP contribution >= 0.6 is 0 Å². The smallest absolute Gasteiger partial charge is 0.322 e. The molecule has 1 amide bonds. The molecule has 0 aliphatic rings. The summed E-state index contributed by atoms with van der Waals surface area (Å²) in [6, 6.07) is 38.0. The van der Waals surface area contributed by atoms with Crippen molar-refractivity contribution in [2.45, 2.75) is 101 Å². The second-order valence-corrected chi connectivity index (χ2v) is 26.5. The monoisotopic (exact) mass is 1260 g/mol. The van der Waals surface area contributed by atoms with E-state index in [-0.39, 0.29) is 34.7 Å². The Labute approximate surface area is 527 Å². The van der Waals surface area contributed by atoms with E-state index in [4.69, 9.17) is 36.1 Å². The fraction of sp³-hybridized carbons (Fsp3) is 0.215. The van der Waals surface area contributed by atoms with Crippen LogP contribution in [0.2, 0.25) is 0 Å². The Bertz CT molecular complexity index is 4660. The lowest BCUT2D eigenvalue weighted by Crippen LogP contribution is -2.45. The van der Waals surface area contributed by atoms with E-state index in [0.717, 1.165) is 44.8 Å². The summed E-state index contributed by atoms with van der Waals surface area (Å²) in [7, 11) is -6.70. The first-order valence-corrected chi connectivity index (χ1v) is 31.2. The van der Waals surface area contributed by atoms with Crippen molar-refractivity contribution in [3.8, 4) is 104 Å². The fourth-order valence-corrected chi connectivity index (χ4v) is 10.6. The van der Waals surface area contributed by atoms with E-state index >= 15 is 0 Å². The third-order valence-corrected chi connectivity index (χ3v) is 18.1. The molecule has 90 heavy (non-hydrogen) atoms. The molecular weight excluding hydrogens is 1180 g/mol. The maximum atomic E-state index is 12.4. The molecule has 0 aliphatic heterocycles. The molecule has 6 aromatic heterocycles. The molecule has 0 unspecified atom stereocenters. The molecular formula is C65H73N15O8S2. The molecule has 0 saturated heterocycles. The summed E-state index contributed by atoms with van der Waals surface area (Å²) in [5.41, 5.74) is 21.4. The van der Waals surface area contributed by atoms with Gasteiger partial charge in [-0.1, -0.05) is 84.0 Å². The highest BCUT2D eigenvalue weighted by Gasteiger charge is 2.26. The molecule has 11 rings (SSSR count). The van der Waals surface area contributed by atoms with Crippen molar-refractivity contribution in [3.63, 3.8) is 0 Å². The highest BCUT2D eigenvalue weighted by Crippen LogP contribution is 2.32. The van der Waals surface area contributed by atoms with Gasteiger partial charge >= 0.3 is 6.01 Å². The van der Waals surface area contributed by atoms with Crippen molar-refractivity contribution in [1.29, 1.82) is 0 Å². The number of carbonyl (C=O) groups is 1. The average molecular weight is 1260 g/mol.